The Morgan fingerprint density at radius 1 is 1.33 bits per heavy atom. The Morgan fingerprint density at radius 2 is 1.94 bits per heavy atom. The number of benzene rings is 1. The minimum atomic E-state index is 0.553. The summed E-state index contributed by atoms with van der Waals surface area (Å²) in [7, 11) is 2.88. The number of allylic oxidation sites excluding steroid dienone is 1. The van der Waals surface area contributed by atoms with Crippen LogP contribution < -0.4 is 11.0 Å². The Hall–Kier alpha value is -0.810. The maximum atomic E-state index is 5.73. The lowest BCUT2D eigenvalue weighted by molar-refractivity contribution is 0.467. The molecule has 0 spiro atoms. The van der Waals surface area contributed by atoms with Gasteiger partial charge in [-0.3, -0.25) is 0 Å². The Bertz CT molecular complexity index is 435. The van der Waals surface area contributed by atoms with Crippen LogP contribution in [0.3, 0.4) is 0 Å². The number of nitrogens with two attached hydrogens (primary N) is 1. The SMILES string of the molecule is C=C(N)CCC(c1c(P)ccc(C)c1C)C(C)C. The fourth-order valence-electron chi connectivity index (χ4n) is 2.50. The van der Waals surface area contributed by atoms with Crippen LogP contribution in [0.5, 0.6) is 0 Å². The van der Waals surface area contributed by atoms with Crippen LogP contribution in [0, 0.1) is 19.8 Å². The van der Waals surface area contributed by atoms with Crippen LogP contribution in [0.4, 0.5) is 0 Å². The van der Waals surface area contributed by atoms with Crippen molar-refractivity contribution in [2.75, 3.05) is 0 Å². The molecule has 0 saturated carbocycles. The van der Waals surface area contributed by atoms with Crippen molar-refractivity contribution in [2.45, 2.75) is 46.5 Å². The van der Waals surface area contributed by atoms with Gasteiger partial charge in [0.15, 0.2) is 0 Å². The summed E-state index contributed by atoms with van der Waals surface area (Å²) in [4.78, 5) is 0. The molecule has 0 aliphatic heterocycles. The van der Waals surface area contributed by atoms with Gasteiger partial charge in [0, 0.05) is 5.70 Å². The summed E-state index contributed by atoms with van der Waals surface area (Å²) in [6.45, 7) is 12.8. The van der Waals surface area contributed by atoms with Crippen molar-refractivity contribution in [3.63, 3.8) is 0 Å². The quantitative estimate of drug-likeness (QED) is 0.803. The Kier molecular flexibility index (Phi) is 5.41. The molecule has 1 rings (SSSR count). The average molecular weight is 263 g/mol. The average Bonchev–Trinajstić information content (AvgIpc) is 2.27. The van der Waals surface area contributed by atoms with Crippen molar-refractivity contribution in [3.05, 3.63) is 41.1 Å². The molecule has 0 fully saturated rings. The fraction of sp³-hybridized carbons (Fsp3) is 0.500. The van der Waals surface area contributed by atoms with Gasteiger partial charge < -0.3 is 5.73 Å². The van der Waals surface area contributed by atoms with E-state index in [0.717, 1.165) is 18.5 Å². The molecule has 0 aromatic heterocycles. The lowest BCUT2D eigenvalue weighted by Crippen LogP contribution is -2.17. The molecule has 100 valence electrons. The Balaban J connectivity index is 3.13. The highest BCUT2D eigenvalue weighted by Gasteiger charge is 2.20. The minimum absolute atomic E-state index is 0.553. The van der Waals surface area contributed by atoms with E-state index in [1.807, 2.05) is 0 Å². The van der Waals surface area contributed by atoms with Crippen molar-refractivity contribution in [2.24, 2.45) is 11.7 Å². The van der Waals surface area contributed by atoms with E-state index in [4.69, 9.17) is 5.73 Å². The van der Waals surface area contributed by atoms with Crippen molar-refractivity contribution >= 4 is 14.5 Å². The first kappa shape index (κ1) is 15.2. The summed E-state index contributed by atoms with van der Waals surface area (Å²) in [5.74, 6) is 1.17. The minimum Gasteiger partial charge on any atom is -0.403 e. The summed E-state index contributed by atoms with van der Waals surface area (Å²) in [6.07, 6.45) is 1.99. The van der Waals surface area contributed by atoms with E-state index in [1.54, 1.807) is 0 Å². The van der Waals surface area contributed by atoms with Gasteiger partial charge in [0.2, 0.25) is 0 Å². The zero-order valence-electron chi connectivity index (χ0n) is 12.1. The molecule has 1 nitrogen and oxygen atoms in total. The van der Waals surface area contributed by atoms with Crippen molar-refractivity contribution < 1.29 is 0 Å². The maximum Gasteiger partial charge on any atom is 0.000766 e. The second-order valence-corrected chi connectivity index (χ2v) is 6.18. The molecule has 1 aromatic carbocycles. The molecule has 2 unspecified atom stereocenters. The largest absolute Gasteiger partial charge is 0.403 e. The monoisotopic (exact) mass is 263 g/mol. The molecule has 2 heteroatoms. The van der Waals surface area contributed by atoms with Gasteiger partial charge in [0.25, 0.3) is 0 Å². The first-order valence-corrected chi connectivity index (χ1v) is 7.21. The van der Waals surface area contributed by atoms with Crippen molar-refractivity contribution in [3.8, 4) is 0 Å². The zero-order chi connectivity index (χ0) is 13.9. The number of rotatable bonds is 5. The fourth-order valence-corrected chi connectivity index (χ4v) is 3.03. The van der Waals surface area contributed by atoms with Gasteiger partial charge in [0.1, 0.15) is 0 Å². The summed E-state index contributed by atoms with van der Waals surface area (Å²) in [6, 6.07) is 4.40. The molecule has 2 N–H and O–H groups in total. The van der Waals surface area contributed by atoms with E-state index in [0.29, 0.717) is 11.8 Å². The van der Waals surface area contributed by atoms with E-state index in [2.05, 4.69) is 55.6 Å². The van der Waals surface area contributed by atoms with Gasteiger partial charge in [0.05, 0.1) is 0 Å². The second-order valence-electron chi connectivity index (χ2n) is 5.56. The van der Waals surface area contributed by atoms with Gasteiger partial charge >= 0.3 is 0 Å². The third-order valence-corrected chi connectivity index (χ3v) is 4.27. The van der Waals surface area contributed by atoms with E-state index in [9.17, 15) is 0 Å². The zero-order valence-corrected chi connectivity index (χ0v) is 13.2. The van der Waals surface area contributed by atoms with Crippen molar-refractivity contribution in [1.82, 2.24) is 0 Å². The molecule has 0 aliphatic rings. The van der Waals surface area contributed by atoms with E-state index >= 15 is 0 Å². The normalized spacial score (nSPS) is 12.8. The maximum absolute atomic E-state index is 5.73. The van der Waals surface area contributed by atoms with Crippen LogP contribution in [-0.4, -0.2) is 0 Å². The molecular weight excluding hydrogens is 237 g/mol. The van der Waals surface area contributed by atoms with Crippen LogP contribution in [0.1, 0.15) is 49.3 Å². The van der Waals surface area contributed by atoms with Crippen LogP contribution in [-0.2, 0) is 0 Å². The summed E-state index contributed by atoms with van der Waals surface area (Å²) < 4.78 is 0. The van der Waals surface area contributed by atoms with E-state index in [-0.39, 0.29) is 0 Å². The molecule has 0 radical (unpaired) electrons. The molecule has 0 amide bonds. The van der Waals surface area contributed by atoms with Crippen LogP contribution in [0.15, 0.2) is 24.4 Å². The predicted octanol–water partition coefficient (Wildman–Crippen LogP) is 3.80. The summed E-state index contributed by atoms with van der Waals surface area (Å²) in [5, 5.41) is 1.32. The third kappa shape index (κ3) is 3.59. The standard InChI is InChI=1S/C16H26NP/c1-10(2)14(8-7-12(4)17)16-13(5)11(3)6-9-15(16)18/h6,9-10,14H,4,7-8,17-18H2,1-3,5H3. The van der Waals surface area contributed by atoms with Gasteiger partial charge in [-0.15, -0.1) is 9.24 Å². The number of hydrogen-bond donors (Lipinski definition) is 1. The molecule has 18 heavy (non-hydrogen) atoms. The number of hydrogen-bond acceptors (Lipinski definition) is 1. The van der Waals surface area contributed by atoms with Crippen molar-refractivity contribution in [1.29, 1.82) is 0 Å². The predicted molar refractivity (Wildman–Crippen MR) is 85.4 cm³/mol. The lowest BCUT2D eigenvalue weighted by Gasteiger charge is -2.26. The van der Waals surface area contributed by atoms with Crippen LogP contribution in [0.25, 0.3) is 0 Å². The molecule has 2 atom stereocenters. The molecule has 0 aliphatic carbocycles. The molecule has 0 heterocycles. The van der Waals surface area contributed by atoms with E-state index < -0.39 is 0 Å². The molecule has 0 saturated heterocycles. The first-order valence-electron chi connectivity index (χ1n) is 6.63. The van der Waals surface area contributed by atoms with Gasteiger partial charge in [-0.05, 0) is 60.5 Å². The summed E-state index contributed by atoms with van der Waals surface area (Å²) in [5.41, 5.74) is 10.8. The van der Waals surface area contributed by atoms with Gasteiger partial charge in [-0.25, -0.2) is 0 Å². The summed E-state index contributed by atoms with van der Waals surface area (Å²) >= 11 is 0. The van der Waals surface area contributed by atoms with Gasteiger partial charge in [-0.1, -0.05) is 32.6 Å². The highest BCUT2D eigenvalue weighted by atomic mass is 31.0. The highest BCUT2D eigenvalue weighted by Crippen LogP contribution is 2.32. The Labute approximate surface area is 114 Å². The molecular formula is C16H26NP. The number of aryl methyl sites for hydroxylation is 1. The molecule has 0 bridgehead atoms. The van der Waals surface area contributed by atoms with Crippen LogP contribution in [0.2, 0.25) is 0 Å². The second kappa shape index (κ2) is 6.38. The lowest BCUT2D eigenvalue weighted by atomic mass is 9.81. The Morgan fingerprint density at radius 3 is 2.44 bits per heavy atom. The van der Waals surface area contributed by atoms with Gasteiger partial charge in [-0.2, -0.15) is 0 Å². The first-order chi connectivity index (χ1) is 8.34. The molecule has 1 aromatic rings. The van der Waals surface area contributed by atoms with E-state index in [1.165, 1.54) is 22.0 Å². The topological polar surface area (TPSA) is 26.0 Å². The third-order valence-electron chi connectivity index (χ3n) is 3.77. The van der Waals surface area contributed by atoms with Crippen LogP contribution >= 0.6 is 9.24 Å². The smallest absolute Gasteiger partial charge is 0.000766 e. The highest BCUT2D eigenvalue weighted by molar-refractivity contribution is 7.27.